The van der Waals surface area contributed by atoms with Gasteiger partial charge in [0, 0.05) is 45.7 Å². The lowest BCUT2D eigenvalue weighted by atomic mass is 9.99. The van der Waals surface area contributed by atoms with Crippen LogP contribution in [0.2, 0.25) is 0 Å². The van der Waals surface area contributed by atoms with Crippen LogP contribution in [0.3, 0.4) is 0 Å². The normalized spacial score (nSPS) is 11.7. The van der Waals surface area contributed by atoms with Crippen molar-refractivity contribution in [1.29, 1.82) is 0 Å². The fourth-order valence-electron chi connectivity index (χ4n) is 3.43. The minimum atomic E-state index is -3.90. The number of fused-ring (bicyclic) bond motifs is 1. The molecule has 0 atom stereocenters. The van der Waals surface area contributed by atoms with E-state index in [0.29, 0.717) is 11.1 Å². The van der Waals surface area contributed by atoms with Gasteiger partial charge in [-0.25, -0.2) is 13.6 Å². The number of hydrogen-bond donors (Lipinski definition) is 2. The number of hydrogen-bond acceptors (Lipinski definition) is 4. The summed E-state index contributed by atoms with van der Waals surface area (Å²) in [5.74, 6) is -0.271. The van der Waals surface area contributed by atoms with Gasteiger partial charge in [0.1, 0.15) is 0 Å². The van der Waals surface area contributed by atoms with Crippen LogP contribution in [0.15, 0.2) is 65.8 Å². The Balaban J connectivity index is 1.75. The molecule has 0 spiro atoms. The third-order valence-electron chi connectivity index (χ3n) is 4.91. The highest BCUT2D eigenvalue weighted by Gasteiger charge is 2.17. The minimum absolute atomic E-state index is 0.0420. The van der Waals surface area contributed by atoms with Crippen molar-refractivity contribution in [2.75, 3.05) is 0 Å². The first-order valence-electron chi connectivity index (χ1n) is 8.96. The highest BCUT2D eigenvalue weighted by atomic mass is 32.2. The molecule has 0 fully saturated rings. The molecule has 2 heterocycles. The first-order valence-corrected chi connectivity index (χ1v) is 10.5. The topological polar surface area (TPSA) is 106 Å². The van der Waals surface area contributed by atoms with Gasteiger partial charge in [-0.2, -0.15) is 0 Å². The fourth-order valence-corrected chi connectivity index (χ4v) is 4.24. The highest BCUT2D eigenvalue weighted by molar-refractivity contribution is 7.89. The van der Waals surface area contributed by atoms with E-state index in [-0.39, 0.29) is 16.2 Å². The second kappa shape index (κ2) is 6.95. The largest absolute Gasteiger partial charge is 0.361 e. The van der Waals surface area contributed by atoms with Crippen molar-refractivity contribution >= 4 is 26.7 Å². The van der Waals surface area contributed by atoms with Crippen LogP contribution >= 0.6 is 0 Å². The molecule has 29 heavy (non-hydrogen) atoms. The number of aromatic nitrogens is 2. The number of aromatic amines is 1. The summed E-state index contributed by atoms with van der Waals surface area (Å²) in [7, 11) is -3.90. The summed E-state index contributed by atoms with van der Waals surface area (Å²) in [6.07, 6.45) is 3.67. The van der Waals surface area contributed by atoms with Crippen LogP contribution in [-0.4, -0.2) is 24.2 Å². The van der Waals surface area contributed by atoms with Gasteiger partial charge >= 0.3 is 0 Å². The molecule has 3 N–H and O–H groups in total. The van der Waals surface area contributed by atoms with Crippen LogP contribution in [0.5, 0.6) is 0 Å². The van der Waals surface area contributed by atoms with Gasteiger partial charge in [-0.05, 0) is 49.2 Å². The average molecular weight is 405 g/mol. The number of aryl methyl sites for hydroxylation is 2. The predicted octanol–water partition coefficient (Wildman–Crippen LogP) is 3.73. The molecule has 0 aliphatic heterocycles. The van der Waals surface area contributed by atoms with Crippen LogP contribution in [-0.2, 0) is 10.0 Å². The van der Waals surface area contributed by atoms with Crippen molar-refractivity contribution in [2.45, 2.75) is 18.7 Å². The van der Waals surface area contributed by atoms with E-state index in [4.69, 9.17) is 5.14 Å². The summed E-state index contributed by atoms with van der Waals surface area (Å²) in [5.41, 5.74) is 5.04. The Kier molecular flexibility index (Phi) is 4.56. The van der Waals surface area contributed by atoms with Gasteiger partial charge in [0.15, 0.2) is 5.78 Å². The molecule has 0 radical (unpaired) electrons. The van der Waals surface area contributed by atoms with Gasteiger partial charge in [-0.1, -0.05) is 24.3 Å². The van der Waals surface area contributed by atoms with E-state index in [0.717, 1.165) is 27.7 Å². The molecular weight excluding hydrogens is 386 g/mol. The summed E-state index contributed by atoms with van der Waals surface area (Å²) in [4.78, 5) is 20.3. The van der Waals surface area contributed by atoms with Gasteiger partial charge in [-0.15, -0.1) is 0 Å². The van der Waals surface area contributed by atoms with Gasteiger partial charge in [0.05, 0.1) is 4.90 Å². The summed E-state index contributed by atoms with van der Waals surface area (Å²) < 4.78 is 23.5. The van der Waals surface area contributed by atoms with Gasteiger partial charge < -0.3 is 4.98 Å². The van der Waals surface area contributed by atoms with E-state index in [1.54, 1.807) is 37.4 Å². The molecule has 2 aromatic heterocycles. The molecule has 0 saturated heterocycles. The molecule has 0 saturated carbocycles. The number of H-pyrrole nitrogens is 1. The van der Waals surface area contributed by atoms with Crippen LogP contribution in [0, 0.1) is 13.8 Å². The molecule has 146 valence electrons. The van der Waals surface area contributed by atoms with E-state index >= 15 is 0 Å². The first-order chi connectivity index (χ1) is 13.7. The zero-order chi connectivity index (χ0) is 20.8. The zero-order valence-electron chi connectivity index (χ0n) is 15.9. The Hall–Kier alpha value is -3.29. The lowest BCUT2D eigenvalue weighted by Gasteiger charge is -2.07. The van der Waals surface area contributed by atoms with Crippen molar-refractivity contribution in [1.82, 2.24) is 9.97 Å². The van der Waals surface area contributed by atoms with Crippen molar-refractivity contribution in [3.05, 3.63) is 83.3 Å². The van der Waals surface area contributed by atoms with Crippen molar-refractivity contribution in [3.63, 3.8) is 0 Å². The second-order valence-corrected chi connectivity index (χ2v) is 8.53. The molecule has 0 aliphatic rings. The zero-order valence-corrected chi connectivity index (χ0v) is 16.7. The smallest absolute Gasteiger partial charge is 0.238 e. The Labute approximate surface area is 168 Å². The standard InChI is InChI=1S/C22H19N3O3S/c1-13-3-4-17(11-21(13)29(23,27)28)22(26)16-5-6-18-19(12-25-20(18)10-16)15-7-8-24-14(2)9-15/h3-12,25H,1-2H3,(H2,23,27,28). The van der Waals surface area contributed by atoms with E-state index in [1.807, 2.05) is 31.3 Å². The average Bonchev–Trinajstić information content (AvgIpc) is 3.10. The number of nitrogens with zero attached hydrogens (tertiary/aromatic N) is 1. The van der Waals surface area contributed by atoms with E-state index in [2.05, 4.69) is 9.97 Å². The maximum absolute atomic E-state index is 12.9. The Morgan fingerprint density at radius 3 is 2.45 bits per heavy atom. The van der Waals surface area contributed by atoms with Gasteiger partial charge in [0.2, 0.25) is 10.0 Å². The summed E-state index contributed by atoms with van der Waals surface area (Å²) in [6, 6.07) is 13.9. The van der Waals surface area contributed by atoms with E-state index in [1.165, 1.54) is 6.07 Å². The molecule has 0 aliphatic carbocycles. The maximum atomic E-state index is 12.9. The molecule has 4 rings (SSSR count). The number of nitrogens with one attached hydrogen (secondary N) is 1. The first kappa shape index (κ1) is 19.0. The van der Waals surface area contributed by atoms with Crippen LogP contribution < -0.4 is 5.14 Å². The number of ketones is 1. The number of pyridine rings is 1. The SMILES string of the molecule is Cc1cc(-c2c[nH]c3cc(C(=O)c4ccc(C)c(S(N)(=O)=O)c4)ccc23)ccn1. The van der Waals surface area contributed by atoms with Gasteiger partial charge in [-0.3, -0.25) is 9.78 Å². The van der Waals surface area contributed by atoms with Crippen LogP contribution in [0.4, 0.5) is 0 Å². The third-order valence-corrected chi connectivity index (χ3v) is 5.96. The molecule has 7 heteroatoms. The number of rotatable bonds is 4. The fraction of sp³-hybridized carbons (Fsp3) is 0.0909. The number of carbonyl (C=O) groups excluding carboxylic acids is 1. The number of sulfonamides is 1. The lowest BCUT2D eigenvalue weighted by Crippen LogP contribution is -2.15. The summed E-state index contributed by atoms with van der Waals surface area (Å²) in [6.45, 7) is 3.58. The number of carbonyl (C=O) groups is 1. The summed E-state index contributed by atoms with van der Waals surface area (Å²) in [5, 5.41) is 6.25. The lowest BCUT2D eigenvalue weighted by molar-refractivity contribution is 0.103. The van der Waals surface area contributed by atoms with Crippen molar-refractivity contribution < 1.29 is 13.2 Å². The van der Waals surface area contributed by atoms with Crippen molar-refractivity contribution in [2.24, 2.45) is 5.14 Å². The maximum Gasteiger partial charge on any atom is 0.238 e. The quantitative estimate of drug-likeness (QED) is 0.505. The summed E-state index contributed by atoms with van der Waals surface area (Å²) >= 11 is 0. The van der Waals surface area contributed by atoms with Crippen LogP contribution in [0.25, 0.3) is 22.0 Å². The Bertz CT molecular complexity index is 1370. The molecule has 6 nitrogen and oxygen atoms in total. The number of primary sulfonamides is 1. The Morgan fingerprint density at radius 2 is 1.72 bits per heavy atom. The minimum Gasteiger partial charge on any atom is -0.361 e. The molecule has 0 bridgehead atoms. The molecule has 2 aromatic carbocycles. The van der Waals surface area contributed by atoms with Gasteiger partial charge in [0.25, 0.3) is 0 Å². The molecular formula is C22H19N3O3S. The van der Waals surface area contributed by atoms with Crippen molar-refractivity contribution in [3.8, 4) is 11.1 Å². The number of nitrogens with two attached hydrogens (primary N) is 1. The molecule has 4 aromatic rings. The van der Waals surface area contributed by atoms with Crippen LogP contribution in [0.1, 0.15) is 27.2 Å². The third kappa shape index (κ3) is 3.57. The second-order valence-electron chi connectivity index (χ2n) is 7.00. The highest BCUT2D eigenvalue weighted by Crippen LogP contribution is 2.30. The predicted molar refractivity (Wildman–Crippen MR) is 112 cm³/mol. The van der Waals surface area contributed by atoms with E-state index in [9.17, 15) is 13.2 Å². The monoisotopic (exact) mass is 405 g/mol. The molecule has 0 unspecified atom stereocenters. The number of benzene rings is 2. The van der Waals surface area contributed by atoms with E-state index < -0.39 is 10.0 Å². The molecule has 0 amide bonds. The Morgan fingerprint density at radius 1 is 1.00 bits per heavy atom.